The molecule has 0 saturated heterocycles. The van der Waals surface area contributed by atoms with Gasteiger partial charge in [-0.1, -0.05) is 24.3 Å². The van der Waals surface area contributed by atoms with E-state index in [9.17, 15) is 0 Å². The second-order valence-electron chi connectivity index (χ2n) is 3.49. The Kier molecular flexibility index (Phi) is 2.51. The highest BCUT2D eigenvalue weighted by atomic mass is 16.4. The van der Waals surface area contributed by atoms with E-state index < -0.39 is 0 Å². The van der Waals surface area contributed by atoms with Gasteiger partial charge >= 0.3 is 0 Å². The van der Waals surface area contributed by atoms with Gasteiger partial charge in [-0.05, 0) is 18.1 Å². The second kappa shape index (κ2) is 3.82. The quantitative estimate of drug-likeness (QED) is 0.807. The molecule has 78 valence electrons. The van der Waals surface area contributed by atoms with Gasteiger partial charge in [-0.15, -0.1) is 10.2 Å². The van der Waals surface area contributed by atoms with Gasteiger partial charge in [0.2, 0.25) is 11.8 Å². The Bertz CT molecular complexity index is 464. The minimum Gasteiger partial charge on any atom is -0.424 e. The molecule has 0 aliphatic carbocycles. The van der Waals surface area contributed by atoms with Crippen molar-refractivity contribution >= 4 is 0 Å². The highest BCUT2D eigenvalue weighted by Crippen LogP contribution is 2.20. The smallest absolute Gasteiger partial charge is 0.237 e. The maximum atomic E-state index is 6.03. The molecule has 1 atom stereocenters. The van der Waals surface area contributed by atoms with E-state index in [1.165, 1.54) is 0 Å². The Morgan fingerprint density at radius 2 is 1.93 bits per heavy atom. The first-order valence-corrected chi connectivity index (χ1v) is 4.79. The molecular weight excluding hydrogens is 190 g/mol. The zero-order valence-corrected chi connectivity index (χ0v) is 8.77. The van der Waals surface area contributed by atoms with Crippen LogP contribution in [0.3, 0.4) is 0 Å². The molecule has 15 heavy (non-hydrogen) atoms. The van der Waals surface area contributed by atoms with Crippen molar-refractivity contribution in [1.29, 1.82) is 0 Å². The van der Waals surface area contributed by atoms with Gasteiger partial charge in [-0.25, -0.2) is 0 Å². The molecule has 0 fully saturated rings. The van der Waals surface area contributed by atoms with E-state index in [2.05, 4.69) is 10.2 Å². The molecule has 1 aromatic carbocycles. The minimum absolute atomic E-state index is 0.340. The van der Waals surface area contributed by atoms with Crippen LogP contribution in [0.15, 0.2) is 28.7 Å². The number of hydrogen-bond donors (Lipinski definition) is 1. The molecule has 0 saturated carbocycles. The van der Waals surface area contributed by atoms with Crippen molar-refractivity contribution in [2.45, 2.75) is 19.9 Å². The van der Waals surface area contributed by atoms with Gasteiger partial charge in [-0.3, -0.25) is 0 Å². The molecule has 1 heterocycles. The monoisotopic (exact) mass is 203 g/mol. The first-order chi connectivity index (χ1) is 7.18. The molecule has 1 unspecified atom stereocenters. The number of aromatic nitrogens is 2. The minimum atomic E-state index is -0.340. The third-order valence-electron chi connectivity index (χ3n) is 2.33. The van der Waals surface area contributed by atoms with Crippen LogP contribution < -0.4 is 5.73 Å². The Morgan fingerprint density at radius 3 is 2.53 bits per heavy atom. The molecule has 0 aliphatic rings. The highest BCUT2D eigenvalue weighted by molar-refractivity contribution is 5.31. The van der Waals surface area contributed by atoms with Crippen LogP contribution in [0.4, 0.5) is 0 Å². The molecule has 0 amide bonds. The maximum absolute atomic E-state index is 6.03. The Morgan fingerprint density at radius 1 is 1.20 bits per heavy atom. The predicted molar refractivity (Wildman–Crippen MR) is 56.2 cm³/mol. The van der Waals surface area contributed by atoms with E-state index in [1.54, 1.807) is 6.92 Å². The van der Waals surface area contributed by atoms with E-state index in [1.807, 2.05) is 31.2 Å². The summed E-state index contributed by atoms with van der Waals surface area (Å²) in [5.41, 5.74) is 8.17. The molecule has 0 bridgehead atoms. The van der Waals surface area contributed by atoms with Crippen molar-refractivity contribution in [2.75, 3.05) is 0 Å². The zero-order chi connectivity index (χ0) is 10.8. The van der Waals surface area contributed by atoms with Crippen LogP contribution in [-0.2, 0) is 0 Å². The first-order valence-electron chi connectivity index (χ1n) is 4.79. The van der Waals surface area contributed by atoms with Crippen LogP contribution >= 0.6 is 0 Å². The third kappa shape index (κ3) is 1.89. The van der Waals surface area contributed by atoms with Crippen LogP contribution in [-0.4, -0.2) is 10.2 Å². The number of nitrogens with two attached hydrogens (primary N) is 1. The van der Waals surface area contributed by atoms with Crippen molar-refractivity contribution < 1.29 is 4.42 Å². The summed E-state index contributed by atoms with van der Waals surface area (Å²) in [6.45, 7) is 3.76. The van der Waals surface area contributed by atoms with E-state index in [0.717, 1.165) is 11.1 Å². The van der Waals surface area contributed by atoms with E-state index >= 15 is 0 Å². The fraction of sp³-hybridized carbons (Fsp3) is 0.273. The lowest BCUT2D eigenvalue weighted by Crippen LogP contribution is -2.13. The van der Waals surface area contributed by atoms with Crippen LogP contribution in [0.2, 0.25) is 0 Å². The Labute approximate surface area is 88.1 Å². The van der Waals surface area contributed by atoms with Gasteiger partial charge in [0, 0.05) is 6.92 Å². The molecule has 2 aromatic rings. The maximum Gasteiger partial charge on any atom is 0.237 e. The summed E-state index contributed by atoms with van der Waals surface area (Å²) in [5.74, 6) is 0.996. The van der Waals surface area contributed by atoms with Gasteiger partial charge in [0.25, 0.3) is 0 Å². The second-order valence-corrected chi connectivity index (χ2v) is 3.49. The number of nitrogens with zero attached hydrogens (tertiary/aromatic N) is 2. The lowest BCUT2D eigenvalue weighted by molar-refractivity contribution is 0.450. The summed E-state index contributed by atoms with van der Waals surface area (Å²) in [7, 11) is 0. The van der Waals surface area contributed by atoms with Crippen molar-refractivity contribution in [1.82, 2.24) is 10.2 Å². The average molecular weight is 203 g/mol. The standard InChI is InChI=1S/C11H13N3O/c1-7-5-3-4-6-9(7)10(12)11-14-13-8(2)15-11/h3-6,10H,12H2,1-2H3. The number of aryl methyl sites for hydroxylation is 2. The lowest BCUT2D eigenvalue weighted by Gasteiger charge is -2.09. The van der Waals surface area contributed by atoms with E-state index in [-0.39, 0.29) is 6.04 Å². The van der Waals surface area contributed by atoms with Crippen molar-refractivity contribution in [3.05, 3.63) is 47.2 Å². The fourth-order valence-electron chi connectivity index (χ4n) is 1.51. The fourth-order valence-corrected chi connectivity index (χ4v) is 1.51. The summed E-state index contributed by atoms with van der Waals surface area (Å²) in [5, 5.41) is 7.69. The van der Waals surface area contributed by atoms with Gasteiger partial charge in [0.15, 0.2) is 0 Å². The van der Waals surface area contributed by atoms with Gasteiger partial charge in [-0.2, -0.15) is 0 Å². The molecule has 4 heteroatoms. The van der Waals surface area contributed by atoms with Crippen molar-refractivity contribution in [2.24, 2.45) is 5.73 Å². The Hall–Kier alpha value is -1.68. The summed E-state index contributed by atoms with van der Waals surface area (Å²) in [4.78, 5) is 0. The highest BCUT2D eigenvalue weighted by Gasteiger charge is 2.16. The Balaban J connectivity index is 2.36. The van der Waals surface area contributed by atoms with Crippen molar-refractivity contribution in [3.8, 4) is 0 Å². The molecular formula is C11H13N3O. The number of benzene rings is 1. The van der Waals surface area contributed by atoms with Crippen LogP contribution in [0.5, 0.6) is 0 Å². The average Bonchev–Trinajstić information content (AvgIpc) is 2.65. The summed E-state index contributed by atoms with van der Waals surface area (Å²) in [6.07, 6.45) is 0. The van der Waals surface area contributed by atoms with Crippen LogP contribution in [0, 0.1) is 13.8 Å². The van der Waals surface area contributed by atoms with Gasteiger partial charge < -0.3 is 10.2 Å². The molecule has 2 N–H and O–H groups in total. The van der Waals surface area contributed by atoms with Crippen molar-refractivity contribution in [3.63, 3.8) is 0 Å². The van der Waals surface area contributed by atoms with Gasteiger partial charge in [0.05, 0.1) is 0 Å². The first kappa shape index (κ1) is 9.86. The molecule has 0 spiro atoms. The SMILES string of the molecule is Cc1nnc(C(N)c2ccccc2C)o1. The van der Waals surface area contributed by atoms with Gasteiger partial charge in [0.1, 0.15) is 6.04 Å². The van der Waals surface area contributed by atoms with E-state index in [4.69, 9.17) is 10.2 Å². The number of rotatable bonds is 2. The molecule has 0 aliphatic heterocycles. The summed E-state index contributed by atoms with van der Waals surface area (Å²) < 4.78 is 5.31. The largest absolute Gasteiger partial charge is 0.424 e. The van der Waals surface area contributed by atoms with Crippen LogP contribution in [0.25, 0.3) is 0 Å². The molecule has 2 rings (SSSR count). The number of hydrogen-bond acceptors (Lipinski definition) is 4. The zero-order valence-electron chi connectivity index (χ0n) is 8.77. The topological polar surface area (TPSA) is 64.9 Å². The lowest BCUT2D eigenvalue weighted by atomic mass is 10.0. The molecule has 1 aromatic heterocycles. The van der Waals surface area contributed by atoms with E-state index in [0.29, 0.717) is 11.8 Å². The van der Waals surface area contributed by atoms with Crippen LogP contribution in [0.1, 0.15) is 29.0 Å². The summed E-state index contributed by atoms with van der Waals surface area (Å²) >= 11 is 0. The molecule has 4 nitrogen and oxygen atoms in total. The summed E-state index contributed by atoms with van der Waals surface area (Å²) in [6, 6.07) is 7.57. The predicted octanol–water partition coefficient (Wildman–Crippen LogP) is 1.73. The normalized spacial score (nSPS) is 12.7. The third-order valence-corrected chi connectivity index (χ3v) is 2.33. The molecule has 0 radical (unpaired) electrons.